The van der Waals surface area contributed by atoms with Crippen LogP contribution >= 0.6 is 11.3 Å². The number of allylic oxidation sites excluding steroid dienone is 2. The molecule has 4 nitrogen and oxygen atoms in total. The van der Waals surface area contributed by atoms with Gasteiger partial charge in [0.15, 0.2) is 5.78 Å². The third-order valence-electron chi connectivity index (χ3n) is 5.62. The van der Waals surface area contributed by atoms with Crippen LogP contribution < -0.4 is 0 Å². The van der Waals surface area contributed by atoms with Gasteiger partial charge in [-0.1, -0.05) is 36.4 Å². The van der Waals surface area contributed by atoms with Crippen LogP contribution in [-0.4, -0.2) is 23.6 Å². The fourth-order valence-corrected chi connectivity index (χ4v) is 5.28. The molecule has 0 amide bonds. The molecule has 1 aromatic heterocycles. The van der Waals surface area contributed by atoms with Crippen LogP contribution in [0.5, 0.6) is 0 Å². The number of ether oxygens (including phenoxy) is 1. The smallest absolute Gasteiger partial charge is 0.315 e. The predicted octanol–water partition coefficient (Wildman–Crippen LogP) is 5.27. The number of esters is 1. The van der Waals surface area contributed by atoms with E-state index < -0.39 is 5.92 Å². The van der Waals surface area contributed by atoms with E-state index in [1.54, 1.807) is 11.3 Å². The lowest BCUT2D eigenvalue weighted by Crippen LogP contribution is -2.38. The number of hydrogen-bond acceptors (Lipinski definition) is 5. The van der Waals surface area contributed by atoms with E-state index in [1.165, 1.54) is 0 Å². The third-order valence-corrected chi connectivity index (χ3v) is 6.57. The van der Waals surface area contributed by atoms with Gasteiger partial charge in [0.05, 0.1) is 6.10 Å². The van der Waals surface area contributed by atoms with E-state index in [1.807, 2.05) is 56.5 Å². The number of aliphatic imine (C=N–C) groups is 1. The van der Waals surface area contributed by atoms with Crippen molar-refractivity contribution in [1.29, 1.82) is 0 Å². The fourth-order valence-electron chi connectivity index (χ4n) is 4.41. The molecule has 0 saturated heterocycles. The lowest BCUT2D eigenvalue weighted by molar-refractivity contribution is -0.150. The first kappa shape index (κ1) is 19.8. The Morgan fingerprint density at radius 2 is 1.90 bits per heavy atom. The molecule has 1 aliphatic carbocycles. The van der Waals surface area contributed by atoms with Crippen molar-refractivity contribution in [2.75, 3.05) is 0 Å². The van der Waals surface area contributed by atoms with E-state index in [4.69, 9.17) is 9.73 Å². The minimum Gasteiger partial charge on any atom is -0.462 e. The van der Waals surface area contributed by atoms with Crippen LogP contribution in [0.25, 0.3) is 0 Å². The number of benzene rings is 1. The zero-order valence-electron chi connectivity index (χ0n) is 16.9. The Hall–Kier alpha value is -2.53. The van der Waals surface area contributed by atoms with Crippen LogP contribution in [0.1, 0.15) is 55.9 Å². The van der Waals surface area contributed by atoms with Crippen LogP contribution in [0.15, 0.2) is 64.1 Å². The minimum atomic E-state index is -0.549. The average molecular weight is 408 g/mol. The van der Waals surface area contributed by atoms with Crippen LogP contribution in [-0.2, 0) is 14.3 Å². The Balaban J connectivity index is 1.76. The van der Waals surface area contributed by atoms with Gasteiger partial charge in [-0.2, -0.15) is 0 Å². The molecule has 2 aromatic rings. The Bertz CT molecular complexity index is 973. The van der Waals surface area contributed by atoms with Crippen molar-refractivity contribution < 1.29 is 14.3 Å². The summed E-state index contributed by atoms with van der Waals surface area (Å²) in [6.45, 7) is 5.57. The Morgan fingerprint density at radius 3 is 2.55 bits per heavy atom. The lowest BCUT2D eigenvalue weighted by Gasteiger charge is -2.36. The lowest BCUT2D eigenvalue weighted by atomic mass is 9.71. The number of carbonyl (C=O) groups excluding carboxylic acids is 2. The Labute approximate surface area is 175 Å². The molecule has 3 atom stereocenters. The molecular formula is C24H25NO3S. The molecule has 0 N–H and O–H groups in total. The molecule has 5 heteroatoms. The topological polar surface area (TPSA) is 55.7 Å². The second kappa shape index (κ2) is 8.07. The maximum absolute atomic E-state index is 13.3. The molecule has 1 aliphatic heterocycles. The average Bonchev–Trinajstić information content (AvgIpc) is 3.21. The van der Waals surface area contributed by atoms with Crippen molar-refractivity contribution in [3.8, 4) is 0 Å². The van der Waals surface area contributed by atoms with Crippen LogP contribution in [0.3, 0.4) is 0 Å². The van der Waals surface area contributed by atoms with Crippen LogP contribution in [0.4, 0.5) is 0 Å². The first-order valence-electron chi connectivity index (χ1n) is 10.1. The van der Waals surface area contributed by atoms with Gasteiger partial charge in [0, 0.05) is 34.2 Å². The summed E-state index contributed by atoms with van der Waals surface area (Å²) in [6.07, 6.45) is 0.959. The second-order valence-electron chi connectivity index (χ2n) is 8.01. The minimum absolute atomic E-state index is 0.0945. The van der Waals surface area contributed by atoms with Crippen molar-refractivity contribution in [3.63, 3.8) is 0 Å². The van der Waals surface area contributed by atoms with Gasteiger partial charge in [0.1, 0.15) is 5.92 Å². The third kappa shape index (κ3) is 3.84. The fraction of sp³-hybridized carbons (Fsp3) is 0.375. The predicted molar refractivity (Wildman–Crippen MR) is 115 cm³/mol. The quantitative estimate of drug-likeness (QED) is 0.649. The monoisotopic (exact) mass is 407 g/mol. The highest BCUT2D eigenvalue weighted by Crippen LogP contribution is 2.47. The number of ketones is 1. The Kier molecular flexibility index (Phi) is 5.50. The zero-order valence-corrected chi connectivity index (χ0v) is 17.7. The molecule has 29 heavy (non-hydrogen) atoms. The molecule has 0 spiro atoms. The summed E-state index contributed by atoms with van der Waals surface area (Å²) >= 11 is 1.58. The van der Waals surface area contributed by atoms with Gasteiger partial charge in [-0.3, -0.25) is 14.6 Å². The van der Waals surface area contributed by atoms with Crippen LogP contribution in [0.2, 0.25) is 0 Å². The highest BCUT2D eigenvalue weighted by atomic mass is 32.1. The number of Topliss-reactive ketones (excluding diaryl/α,β-unsaturated/α-hetero) is 1. The number of thiophene rings is 1. The number of hydrogen-bond donors (Lipinski definition) is 0. The van der Waals surface area contributed by atoms with E-state index in [-0.39, 0.29) is 29.7 Å². The second-order valence-corrected chi connectivity index (χ2v) is 8.99. The summed E-state index contributed by atoms with van der Waals surface area (Å²) in [5, 5.41) is 1.99. The van der Waals surface area contributed by atoms with Gasteiger partial charge in [0.2, 0.25) is 0 Å². The van der Waals surface area contributed by atoms with E-state index in [9.17, 15) is 9.59 Å². The van der Waals surface area contributed by atoms with Gasteiger partial charge in [-0.05, 0) is 50.1 Å². The summed E-state index contributed by atoms with van der Waals surface area (Å²) in [6, 6.07) is 14.1. The maximum Gasteiger partial charge on any atom is 0.315 e. The number of carbonyl (C=O) groups is 2. The molecular weight excluding hydrogens is 382 g/mol. The summed E-state index contributed by atoms with van der Waals surface area (Å²) < 4.78 is 5.54. The molecule has 2 heterocycles. The van der Waals surface area contributed by atoms with E-state index in [0.717, 1.165) is 28.3 Å². The van der Waals surface area contributed by atoms with E-state index >= 15 is 0 Å². The molecule has 1 aromatic carbocycles. The van der Waals surface area contributed by atoms with Gasteiger partial charge in [-0.15, -0.1) is 11.3 Å². The number of rotatable bonds is 4. The first-order chi connectivity index (χ1) is 14.0. The van der Waals surface area contributed by atoms with E-state index in [2.05, 4.69) is 12.1 Å². The highest BCUT2D eigenvalue weighted by Gasteiger charge is 2.45. The summed E-state index contributed by atoms with van der Waals surface area (Å²) in [5.74, 6) is -0.937. The SMILES string of the molecule is CC1=NC2=C(C(=O)C[C@H](c3ccccc3)C2)[C@H](c2cccs2)C1C(=O)OC(C)C. The van der Waals surface area contributed by atoms with Crippen molar-refractivity contribution in [2.24, 2.45) is 10.9 Å². The molecule has 150 valence electrons. The molecule has 0 fully saturated rings. The van der Waals surface area contributed by atoms with Crippen molar-refractivity contribution in [1.82, 2.24) is 0 Å². The molecule has 4 rings (SSSR count). The summed E-state index contributed by atoms with van der Waals surface area (Å²) in [4.78, 5) is 32.1. The molecule has 0 radical (unpaired) electrons. The van der Waals surface area contributed by atoms with Gasteiger partial charge >= 0.3 is 5.97 Å². The Morgan fingerprint density at radius 1 is 1.14 bits per heavy atom. The van der Waals surface area contributed by atoms with Crippen molar-refractivity contribution in [3.05, 3.63) is 69.6 Å². The van der Waals surface area contributed by atoms with Crippen molar-refractivity contribution in [2.45, 2.75) is 51.6 Å². The largest absolute Gasteiger partial charge is 0.462 e. The van der Waals surface area contributed by atoms with Gasteiger partial charge in [-0.25, -0.2) is 0 Å². The normalized spacial score (nSPS) is 24.3. The van der Waals surface area contributed by atoms with Crippen molar-refractivity contribution >= 4 is 28.8 Å². The summed E-state index contributed by atoms with van der Waals surface area (Å²) in [7, 11) is 0. The van der Waals surface area contributed by atoms with Crippen LogP contribution in [0, 0.1) is 5.92 Å². The standard InChI is InChI=1S/C24H25NO3S/c1-14(2)28-24(27)21-15(3)25-18-12-17(16-8-5-4-6-9-16)13-19(26)22(18)23(21)20-10-7-11-29-20/h4-11,14,17,21,23H,12-13H2,1-3H3/t17-,21?,23-/m1/s1. The zero-order chi connectivity index (χ0) is 20.5. The van der Waals surface area contributed by atoms with Gasteiger partial charge < -0.3 is 4.74 Å². The first-order valence-corrected chi connectivity index (χ1v) is 10.9. The summed E-state index contributed by atoms with van der Waals surface area (Å²) in [5.41, 5.74) is 3.43. The molecule has 0 saturated carbocycles. The molecule has 0 bridgehead atoms. The molecule has 1 unspecified atom stereocenters. The van der Waals surface area contributed by atoms with E-state index in [0.29, 0.717) is 12.0 Å². The highest BCUT2D eigenvalue weighted by molar-refractivity contribution is 7.10. The molecule has 2 aliphatic rings. The number of nitrogens with zero attached hydrogens (tertiary/aromatic N) is 1. The maximum atomic E-state index is 13.3. The van der Waals surface area contributed by atoms with Gasteiger partial charge in [0.25, 0.3) is 0 Å².